The van der Waals surface area contributed by atoms with Crippen LogP contribution in [0.15, 0.2) is 42.5 Å². The van der Waals surface area contributed by atoms with Crippen LogP contribution in [0.5, 0.6) is 11.5 Å². The number of anilines is 1. The van der Waals surface area contributed by atoms with Gasteiger partial charge in [0.1, 0.15) is 6.04 Å². The van der Waals surface area contributed by atoms with Crippen molar-refractivity contribution >= 4 is 23.2 Å². The quantitative estimate of drug-likeness (QED) is 0.565. The van der Waals surface area contributed by atoms with Crippen molar-refractivity contribution in [1.82, 2.24) is 4.90 Å². The number of nitro groups is 1. The molecular weight excluding hydrogens is 378 g/mol. The molecule has 0 unspecified atom stereocenters. The highest BCUT2D eigenvalue weighted by molar-refractivity contribution is 6.03. The van der Waals surface area contributed by atoms with Crippen LogP contribution in [0.4, 0.5) is 11.4 Å². The number of carbonyl (C=O) groups excluding carboxylic acids is 2. The lowest BCUT2D eigenvalue weighted by atomic mass is 10.1. The van der Waals surface area contributed by atoms with Gasteiger partial charge in [0.25, 0.3) is 11.6 Å². The van der Waals surface area contributed by atoms with E-state index in [9.17, 15) is 19.7 Å². The summed E-state index contributed by atoms with van der Waals surface area (Å²) in [6.07, 6.45) is 0. The zero-order valence-electron chi connectivity index (χ0n) is 16.3. The number of rotatable bonds is 5. The predicted molar refractivity (Wildman–Crippen MR) is 105 cm³/mol. The second-order valence-electron chi connectivity index (χ2n) is 6.51. The van der Waals surface area contributed by atoms with E-state index in [4.69, 9.17) is 9.47 Å². The average Bonchev–Trinajstić information content (AvgIpc) is 2.74. The molecule has 1 aliphatic heterocycles. The summed E-state index contributed by atoms with van der Waals surface area (Å²) >= 11 is 0. The van der Waals surface area contributed by atoms with Crippen LogP contribution in [-0.4, -0.2) is 55.0 Å². The number of benzene rings is 2. The third-order valence-corrected chi connectivity index (χ3v) is 4.92. The summed E-state index contributed by atoms with van der Waals surface area (Å²) in [4.78, 5) is 39.1. The number of methoxy groups -OCH3 is 2. The fraction of sp³-hybridized carbons (Fsp3) is 0.300. The van der Waals surface area contributed by atoms with Crippen LogP contribution in [0.25, 0.3) is 0 Å². The summed E-state index contributed by atoms with van der Waals surface area (Å²) in [5.41, 5.74) is 0.862. The SMILES string of the molecule is COc1ccc(N2CCN(C(=O)c3ccc([N+](=O)[O-])cc3)[C@H](C)C2=O)cc1OC. The minimum absolute atomic E-state index is 0.0936. The van der Waals surface area contributed by atoms with Crippen molar-refractivity contribution < 1.29 is 24.0 Å². The highest BCUT2D eigenvalue weighted by atomic mass is 16.6. The molecule has 9 nitrogen and oxygen atoms in total. The van der Waals surface area contributed by atoms with Gasteiger partial charge in [0.2, 0.25) is 5.91 Å². The third-order valence-electron chi connectivity index (χ3n) is 4.92. The van der Waals surface area contributed by atoms with Crippen molar-refractivity contribution in [1.29, 1.82) is 0 Å². The molecule has 1 fully saturated rings. The first-order valence-corrected chi connectivity index (χ1v) is 8.96. The molecule has 2 aromatic rings. The smallest absolute Gasteiger partial charge is 0.269 e. The van der Waals surface area contributed by atoms with Gasteiger partial charge in [-0.05, 0) is 31.2 Å². The van der Waals surface area contributed by atoms with Gasteiger partial charge in [0.05, 0.1) is 19.1 Å². The second-order valence-corrected chi connectivity index (χ2v) is 6.51. The number of piperazine rings is 1. The van der Waals surface area contributed by atoms with E-state index in [1.54, 1.807) is 30.0 Å². The highest BCUT2D eigenvalue weighted by Gasteiger charge is 2.35. The number of amides is 2. The Morgan fingerprint density at radius 1 is 1.07 bits per heavy atom. The highest BCUT2D eigenvalue weighted by Crippen LogP contribution is 2.32. The molecule has 0 spiro atoms. The Labute approximate surface area is 167 Å². The van der Waals surface area contributed by atoms with E-state index in [1.165, 1.54) is 43.4 Å². The van der Waals surface area contributed by atoms with Gasteiger partial charge in [-0.15, -0.1) is 0 Å². The first-order chi connectivity index (χ1) is 13.9. The molecule has 0 bridgehead atoms. The lowest BCUT2D eigenvalue weighted by molar-refractivity contribution is -0.384. The largest absolute Gasteiger partial charge is 0.493 e. The van der Waals surface area contributed by atoms with Gasteiger partial charge in [-0.25, -0.2) is 0 Å². The standard InChI is InChI=1S/C20H21N3O6/c1-13-19(24)22(16-8-9-17(28-2)18(12-16)29-3)11-10-21(13)20(25)14-4-6-15(7-5-14)23(26)27/h4-9,12-13H,10-11H2,1-3H3/t13-/m1/s1. The zero-order valence-corrected chi connectivity index (χ0v) is 16.3. The van der Waals surface area contributed by atoms with Crippen LogP contribution in [0.1, 0.15) is 17.3 Å². The maximum absolute atomic E-state index is 12.9. The molecule has 152 valence electrons. The topological polar surface area (TPSA) is 102 Å². The summed E-state index contributed by atoms with van der Waals surface area (Å²) in [6, 6.07) is 9.88. The maximum Gasteiger partial charge on any atom is 0.269 e. The van der Waals surface area contributed by atoms with Crippen molar-refractivity contribution in [2.75, 3.05) is 32.2 Å². The van der Waals surface area contributed by atoms with Crippen LogP contribution in [-0.2, 0) is 4.79 Å². The molecule has 0 saturated carbocycles. The van der Waals surface area contributed by atoms with Gasteiger partial charge in [0.15, 0.2) is 11.5 Å². The van der Waals surface area contributed by atoms with Gasteiger partial charge < -0.3 is 19.3 Å². The molecule has 0 aliphatic carbocycles. The Balaban J connectivity index is 1.78. The normalized spacial score (nSPS) is 16.5. The molecule has 29 heavy (non-hydrogen) atoms. The zero-order chi connectivity index (χ0) is 21.1. The lowest BCUT2D eigenvalue weighted by Crippen LogP contribution is -2.57. The fourth-order valence-corrected chi connectivity index (χ4v) is 3.29. The van der Waals surface area contributed by atoms with Crippen LogP contribution in [0.3, 0.4) is 0 Å². The van der Waals surface area contributed by atoms with Crippen LogP contribution in [0.2, 0.25) is 0 Å². The molecule has 9 heteroatoms. The van der Waals surface area contributed by atoms with E-state index in [-0.39, 0.29) is 17.5 Å². The fourth-order valence-electron chi connectivity index (χ4n) is 3.29. The van der Waals surface area contributed by atoms with Gasteiger partial charge in [-0.2, -0.15) is 0 Å². The van der Waals surface area contributed by atoms with Crippen molar-refractivity contribution in [2.45, 2.75) is 13.0 Å². The number of hydrogen-bond donors (Lipinski definition) is 0. The number of nitro benzene ring substituents is 1. The molecule has 2 aromatic carbocycles. The minimum Gasteiger partial charge on any atom is -0.493 e. The first kappa shape index (κ1) is 20.1. The van der Waals surface area contributed by atoms with Crippen LogP contribution >= 0.6 is 0 Å². The minimum atomic E-state index is -0.681. The Bertz CT molecular complexity index is 944. The molecule has 0 N–H and O–H groups in total. The van der Waals surface area contributed by atoms with E-state index >= 15 is 0 Å². The number of nitrogens with zero attached hydrogens (tertiary/aromatic N) is 3. The van der Waals surface area contributed by atoms with Crippen molar-refractivity contribution in [3.05, 3.63) is 58.1 Å². The van der Waals surface area contributed by atoms with Crippen molar-refractivity contribution in [3.63, 3.8) is 0 Å². The molecular formula is C20H21N3O6. The molecule has 1 aliphatic rings. The summed E-state index contributed by atoms with van der Waals surface area (Å²) in [6.45, 7) is 2.31. The van der Waals surface area contributed by atoms with Gasteiger partial charge in [-0.3, -0.25) is 19.7 Å². The monoisotopic (exact) mass is 399 g/mol. The number of ether oxygens (including phenoxy) is 2. The summed E-state index contributed by atoms with van der Waals surface area (Å²) < 4.78 is 10.5. The van der Waals surface area contributed by atoms with Crippen LogP contribution < -0.4 is 14.4 Å². The molecule has 1 saturated heterocycles. The van der Waals surface area contributed by atoms with E-state index in [1.807, 2.05) is 0 Å². The summed E-state index contributed by atoms with van der Waals surface area (Å²) in [7, 11) is 3.06. The van der Waals surface area contributed by atoms with Gasteiger partial charge in [-0.1, -0.05) is 0 Å². The van der Waals surface area contributed by atoms with Crippen molar-refractivity contribution in [2.24, 2.45) is 0 Å². The van der Waals surface area contributed by atoms with Gasteiger partial charge in [0, 0.05) is 42.5 Å². The third kappa shape index (κ3) is 3.84. The summed E-state index contributed by atoms with van der Waals surface area (Å²) in [5, 5.41) is 10.8. The summed E-state index contributed by atoms with van der Waals surface area (Å²) in [5.74, 6) is 0.505. The Morgan fingerprint density at radius 3 is 2.31 bits per heavy atom. The van der Waals surface area contributed by atoms with E-state index in [0.717, 1.165) is 0 Å². The molecule has 1 heterocycles. The van der Waals surface area contributed by atoms with Crippen molar-refractivity contribution in [3.8, 4) is 11.5 Å². The number of hydrogen-bond acceptors (Lipinski definition) is 6. The molecule has 1 atom stereocenters. The molecule has 0 radical (unpaired) electrons. The van der Waals surface area contributed by atoms with Gasteiger partial charge >= 0.3 is 0 Å². The number of carbonyl (C=O) groups is 2. The van der Waals surface area contributed by atoms with Crippen LogP contribution in [0, 0.1) is 10.1 Å². The first-order valence-electron chi connectivity index (χ1n) is 8.96. The Morgan fingerprint density at radius 2 is 1.72 bits per heavy atom. The maximum atomic E-state index is 12.9. The second kappa shape index (κ2) is 8.17. The molecule has 2 amide bonds. The molecule has 0 aromatic heterocycles. The number of non-ortho nitro benzene ring substituents is 1. The van der Waals surface area contributed by atoms with E-state index < -0.39 is 11.0 Å². The Hall–Kier alpha value is -3.62. The molecule has 3 rings (SSSR count). The van der Waals surface area contributed by atoms with E-state index in [2.05, 4.69) is 0 Å². The predicted octanol–water partition coefficient (Wildman–Crippen LogP) is 2.49. The lowest BCUT2D eigenvalue weighted by Gasteiger charge is -2.39. The van der Waals surface area contributed by atoms with E-state index in [0.29, 0.717) is 35.8 Å². The Kier molecular flexibility index (Phi) is 5.67. The average molecular weight is 399 g/mol.